The maximum atomic E-state index is 13.0. The van der Waals surface area contributed by atoms with Crippen molar-refractivity contribution in [3.05, 3.63) is 72.9 Å². The maximum absolute atomic E-state index is 13.0. The summed E-state index contributed by atoms with van der Waals surface area (Å²) in [6.45, 7) is 3.67. The molecule has 1 heterocycles. The Morgan fingerprint density at radius 3 is 1.44 bits per heavy atom. The first-order valence-electron chi connectivity index (χ1n) is 26.1. The van der Waals surface area contributed by atoms with Gasteiger partial charge in [-0.25, -0.2) is 0 Å². The lowest BCUT2D eigenvalue weighted by atomic mass is 9.99. The number of amides is 1. The monoisotopic (exact) mass is 900 g/mol. The number of allylic oxidation sites excluding steroid dienone is 12. The van der Waals surface area contributed by atoms with Gasteiger partial charge in [0.25, 0.3) is 0 Å². The van der Waals surface area contributed by atoms with E-state index in [2.05, 4.69) is 92.1 Å². The predicted octanol–water partition coefficient (Wildman–Crippen LogP) is 12.1. The Bertz CT molecular complexity index is 1230. The minimum atomic E-state index is -1.55. The molecule has 0 aliphatic carbocycles. The van der Waals surface area contributed by atoms with E-state index in [4.69, 9.17) is 9.47 Å². The van der Waals surface area contributed by atoms with Crippen LogP contribution in [0.1, 0.15) is 213 Å². The average molecular weight is 900 g/mol. The van der Waals surface area contributed by atoms with Gasteiger partial charge >= 0.3 is 0 Å². The van der Waals surface area contributed by atoms with Gasteiger partial charge in [0, 0.05) is 6.42 Å². The van der Waals surface area contributed by atoms with Gasteiger partial charge in [0.1, 0.15) is 24.4 Å². The number of carbonyl (C=O) groups is 1. The molecule has 9 nitrogen and oxygen atoms in total. The van der Waals surface area contributed by atoms with E-state index in [1.807, 2.05) is 0 Å². The zero-order chi connectivity index (χ0) is 46.6. The summed E-state index contributed by atoms with van der Waals surface area (Å²) in [6, 6.07) is -0.719. The molecule has 1 saturated heterocycles. The Balaban J connectivity index is 2.09. The second-order valence-corrected chi connectivity index (χ2v) is 17.9. The van der Waals surface area contributed by atoms with Gasteiger partial charge in [0.2, 0.25) is 5.91 Å². The number of aliphatic hydroxyl groups is 5. The van der Waals surface area contributed by atoms with Crippen LogP contribution in [-0.2, 0) is 14.3 Å². The molecular weight excluding hydrogens is 803 g/mol. The molecule has 0 aromatic heterocycles. The summed E-state index contributed by atoms with van der Waals surface area (Å²) >= 11 is 0. The molecule has 0 aromatic carbocycles. The number of rotatable bonds is 43. The number of hydrogen-bond acceptors (Lipinski definition) is 8. The van der Waals surface area contributed by atoms with Gasteiger partial charge in [-0.05, 0) is 64.2 Å². The number of hydrogen-bond donors (Lipinski definition) is 6. The van der Waals surface area contributed by atoms with Crippen LogP contribution in [0.15, 0.2) is 72.9 Å². The van der Waals surface area contributed by atoms with Crippen molar-refractivity contribution in [3.8, 4) is 0 Å². The Labute approximate surface area is 391 Å². The highest BCUT2D eigenvalue weighted by molar-refractivity contribution is 5.76. The van der Waals surface area contributed by atoms with Crippen molar-refractivity contribution in [2.45, 2.75) is 256 Å². The molecule has 1 aliphatic rings. The molecule has 0 saturated carbocycles. The molecule has 0 radical (unpaired) electrons. The predicted molar refractivity (Wildman–Crippen MR) is 267 cm³/mol. The lowest BCUT2D eigenvalue weighted by molar-refractivity contribution is -0.302. The highest BCUT2D eigenvalue weighted by Gasteiger charge is 2.44. The molecule has 0 aromatic rings. The summed E-state index contributed by atoms with van der Waals surface area (Å²) < 4.78 is 11.2. The summed E-state index contributed by atoms with van der Waals surface area (Å²) in [7, 11) is 0. The van der Waals surface area contributed by atoms with Crippen molar-refractivity contribution in [1.82, 2.24) is 5.32 Å². The van der Waals surface area contributed by atoms with Crippen LogP contribution in [0.25, 0.3) is 0 Å². The fourth-order valence-electron chi connectivity index (χ4n) is 7.93. The van der Waals surface area contributed by atoms with Crippen LogP contribution in [0.2, 0.25) is 0 Å². The second-order valence-electron chi connectivity index (χ2n) is 17.9. The van der Waals surface area contributed by atoms with Crippen molar-refractivity contribution in [2.75, 3.05) is 13.2 Å². The highest BCUT2D eigenvalue weighted by atomic mass is 16.7. The SMILES string of the molecule is CC/C=C\C/C=C\C/C=C\C/C=C\C/C=C\C/C=C\CCCCCCCCCCCCCCCCC(=O)NC(COC1OC(CO)C(O)C(O)C1O)C(O)CCCCCCCCCC. The molecule has 370 valence electrons. The van der Waals surface area contributed by atoms with Crippen LogP contribution in [0.3, 0.4) is 0 Å². The minimum absolute atomic E-state index is 0.141. The Morgan fingerprint density at radius 1 is 0.547 bits per heavy atom. The van der Waals surface area contributed by atoms with E-state index in [9.17, 15) is 30.3 Å². The third-order valence-electron chi connectivity index (χ3n) is 12.1. The van der Waals surface area contributed by atoms with Crippen molar-refractivity contribution in [2.24, 2.45) is 0 Å². The first kappa shape index (κ1) is 59.6. The van der Waals surface area contributed by atoms with E-state index in [0.717, 1.165) is 77.0 Å². The molecule has 7 atom stereocenters. The van der Waals surface area contributed by atoms with E-state index < -0.39 is 49.5 Å². The van der Waals surface area contributed by atoms with Crippen molar-refractivity contribution in [1.29, 1.82) is 0 Å². The first-order chi connectivity index (χ1) is 31.3. The number of unbranched alkanes of at least 4 members (excludes halogenated alkanes) is 21. The van der Waals surface area contributed by atoms with Gasteiger partial charge in [-0.2, -0.15) is 0 Å². The summed E-state index contributed by atoms with van der Waals surface area (Å²) in [5.74, 6) is -0.151. The Kier molecular flexibility index (Phi) is 41.4. The summed E-state index contributed by atoms with van der Waals surface area (Å²) in [6.07, 6.45) is 53.8. The van der Waals surface area contributed by atoms with Crippen LogP contribution < -0.4 is 5.32 Å². The van der Waals surface area contributed by atoms with Crippen LogP contribution in [-0.4, -0.2) is 87.5 Å². The molecule has 7 unspecified atom stereocenters. The second kappa shape index (κ2) is 44.5. The Morgan fingerprint density at radius 2 is 0.969 bits per heavy atom. The van der Waals surface area contributed by atoms with Crippen molar-refractivity contribution in [3.63, 3.8) is 0 Å². The van der Waals surface area contributed by atoms with E-state index >= 15 is 0 Å². The molecular formula is C55H97NO8. The number of nitrogens with one attached hydrogen (secondary N) is 1. The van der Waals surface area contributed by atoms with Gasteiger partial charge in [0.15, 0.2) is 6.29 Å². The number of aliphatic hydroxyl groups excluding tert-OH is 5. The normalized spacial score (nSPS) is 20.6. The fraction of sp³-hybridized carbons (Fsp3) is 0.764. The van der Waals surface area contributed by atoms with Gasteiger partial charge in [-0.15, -0.1) is 0 Å². The summed E-state index contributed by atoms with van der Waals surface area (Å²) in [5.41, 5.74) is 0. The van der Waals surface area contributed by atoms with Gasteiger partial charge < -0.3 is 40.3 Å². The maximum Gasteiger partial charge on any atom is 0.220 e. The van der Waals surface area contributed by atoms with Crippen LogP contribution >= 0.6 is 0 Å². The molecule has 1 fully saturated rings. The summed E-state index contributed by atoms with van der Waals surface area (Å²) in [5, 5.41) is 54.2. The van der Waals surface area contributed by atoms with E-state index in [1.54, 1.807) is 0 Å². The van der Waals surface area contributed by atoms with Gasteiger partial charge in [-0.3, -0.25) is 4.79 Å². The van der Waals surface area contributed by atoms with Crippen molar-refractivity contribution < 1.29 is 39.8 Å². The molecule has 9 heteroatoms. The van der Waals surface area contributed by atoms with Crippen molar-refractivity contribution >= 4 is 5.91 Å². The molecule has 1 rings (SSSR count). The summed E-state index contributed by atoms with van der Waals surface area (Å²) in [4.78, 5) is 13.0. The van der Waals surface area contributed by atoms with Gasteiger partial charge in [-0.1, -0.05) is 215 Å². The highest BCUT2D eigenvalue weighted by Crippen LogP contribution is 2.23. The average Bonchev–Trinajstić information content (AvgIpc) is 3.29. The van der Waals surface area contributed by atoms with Crippen LogP contribution in [0, 0.1) is 0 Å². The topological polar surface area (TPSA) is 149 Å². The lowest BCUT2D eigenvalue weighted by Gasteiger charge is -2.40. The zero-order valence-electron chi connectivity index (χ0n) is 40.8. The third-order valence-corrected chi connectivity index (χ3v) is 12.1. The van der Waals surface area contributed by atoms with E-state index in [-0.39, 0.29) is 12.5 Å². The smallest absolute Gasteiger partial charge is 0.220 e. The lowest BCUT2D eigenvalue weighted by Crippen LogP contribution is -2.60. The molecule has 1 aliphatic heterocycles. The number of ether oxygens (including phenoxy) is 2. The molecule has 6 N–H and O–H groups in total. The quantitative estimate of drug-likeness (QED) is 0.0262. The van der Waals surface area contributed by atoms with E-state index in [1.165, 1.54) is 109 Å². The first-order valence-corrected chi connectivity index (χ1v) is 26.1. The third kappa shape index (κ3) is 34.0. The standard InChI is InChI=1S/C55H97NO8/c1-3-5-7-9-11-13-14-15-16-17-18-19-20-21-22-23-24-25-26-27-28-29-30-31-32-33-34-35-36-37-39-41-43-45-51(59)56-48(49(58)44-42-40-38-12-10-8-6-4-2)47-63-55-54(62)53(61)52(60)50(46-57)64-55/h5,7,11,13,15-16,18-19,21-22,24-25,48-50,52-55,57-58,60-62H,3-4,6,8-10,12,14,17,20,23,26-47H2,1-2H3,(H,56,59)/b7-5-,13-11-,16-15-,19-18-,22-21-,25-24-. The number of carbonyl (C=O) groups excluding carboxylic acids is 1. The molecule has 0 bridgehead atoms. The fourth-order valence-corrected chi connectivity index (χ4v) is 7.93. The minimum Gasteiger partial charge on any atom is -0.394 e. The molecule has 64 heavy (non-hydrogen) atoms. The van der Waals surface area contributed by atoms with Crippen LogP contribution in [0.5, 0.6) is 0 Å². The van der Waals surface area contributed by atoms with Crippen LogP contribution in [0.4, 0.5) is 0 Å². The molecule has 1 amide bonds. The molecule has 0 spiro atoms. The largest absolute Gasteiger partial charge is 0.394 e. The Hall–Kier alpha value is -2.37. The van der Waals surface area contributed by atoms with E-state index in [0.29, 0.717) is 12.8 Å². The zero-order valence-corrected chi connectivity index (χ0v) is 40.8. The van der Waals surface area contributed by atoms with Gasteiger partial charge in [0.05, 0.1) is 25.4 Å².